The molecule has 1 heterocycles. The molecule has 1 aromatic carbocycles. The summed E-state index contributed by atoms with van der Waals surface area (Å²) in [6.45, 7) is 2.04. The zero-order valence-corrected chi connectivity index (χ0v) is 9.62. The molecule has 0 unspecified atom stereocenters. The Morgan fingerprint density at radius 3 is 2.62 bits per heavy atom. The number of nitrogens with zero attached hydrogens (tertiary/aromatic N) is 1. The average molecular weight is 233 g/mol. The number of aromatic nitrogens is 1. The first-order valence-corrected chi connectivity index (χ1v) is 5.76. The van der Waals surface area contributed by atoms with Crippen molar-refractivity contribution in [1.82, 2.24) is 4.98 Å². The van der Waals surface area contributed by atoms with E-state index in [-0.39, 0.29) is 5.69 Å². The highest BCUT2D eigenvalue weighted by molar-refractivity contribution is 7.09. The predicted octanol–water partition coefficient (Wildman–Crippen LogP) is 2.74. The summed E-state index contributed by atoms with van der Waals surface area (Å²) in [5, 5.41) is 11.2. The fourth-order valence-corrected chi connectivity index (χ4v) is 2.17. The quantitative estimate of drug-likeness (QED) is 0.886. The second-order valence-corrected chi connectivity index (χ2v) is 4.54. The maximum absolute atomic E-state index is 10.7. The second-order valence-electron chi connectivity index (χ2n) is 3.59. The Hall–Kier alpha value is -1.68. The Morgan fingerprint density at radius 1 is 1.38 bits per heavy atom. The van der Waals surface area contributed by atoms with Gasteiger partial charge in [0.05, 0.1) is 5.01 Å². The van der Waals surface area contributed by atoms with E-state index in [1.165, 1.54) is 16.9 Å². The maximum atomic E-state index is 10.7. The van der Waals surface area contributed by atoms with Gasteiger partial charge in [-0.3, -0.25) is 0 Å². The van der Waals surface area contributed by atoms with Crippen molar-refractivity contribution >= 4 is 17.3 Å². The van der Waals surface area contributed by atoms with Crippen LogP contribution < -0.4 is 0 Å². The molecular formula is C12H11NO2S. The van der Waals surface area contributed by atoms with E-state index in [9.17, 15) is 4.79 Å². The molecule has 0 saturated carbocycles. The highest BCUT2D eigenvalue weighted by Crippen LogP contribution is 2.15. The number of benzene rings is 1. The molecular weight excluding hydrogens is 222 g/mol. The van der Waals surface area contributed by atoms with Crippen LogP contribution in [-0.4, -0.2) is 16.1 Å². The Kier molecular flexibility index (Phi) is 3.01. The lowest BCUT2D eigenvalue weighted by atomic mass is 10.1. The minimum atomic E-state index is -0.966. The number of aromatic carboxylic acids is 1. The highest BCUT2D eigenvalue weighted by atomic mass is 32.1. The van der Waals surface area contributed by atoms with Crippen LogP contribution in [0.25, 0.3) is 0 Å². The van der Waals surface area contributed by atoms with E-state index in [0.29, 0.717) is 6.42 Å². The molecule has 82 valence electrons. The molecule has 0 atom stereocenters. The van der Waals surface area contributed by atoms with Crippen LogP contribution in [0.1, 0.15) is 26.6 Å². The molecule has 16 heavy (non-hydrogen) atoms. The van der Waals surface area contributed by atoms with Crippen LogP contribution in [0, 0.1) is 6.92 Å². The van der Waals surface area contributed by atoms with Crippen molar-refractivity contribution in [3.05, 3.63) is 51.5 Å². The van der Waals surface area contributed by atoms with Gasteiger partial charge in [-0.1, -0.05) is 29.8 Å². The van der Waals surface area contributed by atoms with Gasteiger partial charge >= 0.3 is 5.97 Å². The average Bonchev–Trinajstić information content (AvgIpc) is 2.70. The van der Waals surface area contributed by atoms with Crippen molar-refractivity contribution in [3.63, 3.8) is 0 Å². The number of hydrogen-bond acceptors (Lipinski definition) is 3. The first-order chi connectivity index (χ1) is 7.65. The number of carboxylic acid groups (broad SMARTS) is 1. The number of rotatable bonds is 3. The van der Waals surface area contributed by atoms with Gasteiger partial charge in [-0.05, 0) is 12.5 Å². The van der Waals surface area contributed by atoms with Crippen LogP contribution in [0.5, 0.6) is 0 Å². The third kappa shape index (κ3) is 2.46. The standard InChI is InChI=1S/C12H11NO2S/c1-8-2-4-9(5-3-8)6-11-13-10(7-16-11)12(14)15/h2-5,7H,6H2,1H3,(H,14,15). The molecule has 0 amide bonds. The van der Waals surface area contributed by atoms with Gasteiger partial charge in [0.1, 0.15) is 0 Å². The molecule has 0 fully saturated rings. The normalized spacial score (nSPS) is 10.3. The van der Waals surface area contributed by atoms with E-state index < -0.39 is 5.97 Å². The molecule has 0 aliphatic carbocycles. The molecule has 0 bridgehead atoms. The first kappa shape index (κ1) is 10.8. The van der Waals surface area contributed by atoms with Crippen molar-refractivity contribution < 1.29 is 9.90 Å². The van der Waals surface area contributed by atoms with Crippen molar-refractivity contribution in [3.8, 4) is 0 Å². The number of aryl methyl sites for hydroxylation is 1. The lowest BCUT2D eigenvalue weighted by molar-refractivity contribution is 0.0691. The van der Waals surface area contributed by atoms with Crippen molar-refractivity contribution in [1.29, 1.82) is 0 Å². The molecule has 0 saturated heterocycles. The third-order valence-electron chi connectivity index (χ3n) is 2.25. The van der Waals surface area contributed by atoms with E-state index in [1.54, 1.807) is 5.38 Å². The largest absolute Gasteiger partial charge is 0.476 e. The Balaban J connectivity index is 2.14. The maximum Gasteiger partial charge on any atom is 0.355 e. The van der Waals surface area contributed by atoms with Gasteiger partial charge in [-0.2, -0.15) is 0 Å². The van der Waals surface area contributed by atoms with E-state index in [1.807, 2.05) is 31.2 Å². The molecule has 0 aliphatic heterocycles. The zero-order valence-electron chi connectivity index (χ0n) is 8.80. The predicted molar refractivity (Wildman–Crippen MR) is 63.1 cm³/mol. The van der Waals surface area contributed by atoms with Crippen LogP contribution in [0.3, 0.4) is 0 Å². The molecule has 1 N–H and O–H groups in total. The SMILES string of the molecule is Cc1ccc(Cc2nc(C(=O)O)cs2)cc1. The van der Waals surface area contributed by atoms with Gasteiger partial charge in [-0.15, -0.1) is 11.3 Å². The molecule has 2 rings (SSSR count). The van der Waals surface area contributed by atoms with Crippen molar-refractivity contribution in [2.45, 2.75) is 13.3 Å². The summed E-state index contributed by atoms with van der Waals surface area (Å²) in [7, 11) is 0. The molecule has 1 aromatic heterocycles. The Bertz CT molecular complexity index is 502. The van der Waals surface area contributed by atoms with Gasteiger partial charge in [0.15, 0.2) is 5.69 Å². The molecule has 2 aromatic rings. The van der Waals surface area contributed by atoms with E-state index in [2.05, 4.69) is 4.98 Å². The van der Waals surface area contributed by atoms with Crippen molar-refractivity contribution in [2.75, 3.05) is 0 Å². The second kappa shape index (κ2) is 4.45. The Morgan fingerprint density at radius 2 is 2.06 bits per heavy atom. The smallest absolute Gasteiger partial charge is 0.355 e. The summed E-state index contributed by atoms with van der Waals surface area (Å²) < 4.78 is 0. The van der Waals surface area contributed by atoms with Crippen LogP contribution in [0.2, 0.25) is 0 Å². The van der Waals surface area contributed by atoms with Gasteiger partial charge in [0.25, 0.3) is 0 Å². The summed E-state index contributed by atoms with van der Waals surface area (Å²) in [6, 6.07) is 8.16. The first-order valence-electron chi connectivity index (χ1n) is 4.88. The van der Waals surface area contributed by atoms with E-state index in [0.717, 1.165) is 10.6 Å². The van der Waals surface area contributed by atoms with Crippen molar-refractivity contribution in [2.24, 2.45) is 0 Å². The van der Waals surface area contributed by atoms with E-state index >= 15 is 0 Å². The summed E-state index contributed by atoms with van der Waals surface area (Å²) in [5.41, 5.74) is 2.50. The minimum Gasteiger partial charge on any atom is -0.476 e. The van der Waals surface area contributed by atoms with Crippen LogP contribution in [-0.2, 0) is 6.42 Å². The van der Waals surface area contributed by atoms with Gasteiger partial charge in [0, 0.05) is 11.8 Å². The lowest BCUT2D eigenvalue weighted by Crippen LogP contribution is -1.97. The number of thiazole rings is 1. The molecule has 3 nitrogen and oxygen atoms in total. The molecule has 0 aliphatic rings. The summed E-state index contributed by atoms with van der Waals surface area (Å²) >= 11 is 1.38. The monoisotopic (exact) mass is 233 g/mol. The summed E-state index contributed by atoms with van der Waals surface area (Å²) in [4.78, 5) is 14.7. The fourth-order valence-electron chi connectivity index (χ4n) is 1.37. The number of carbonyl (C=O) groups is 1. The minimum absolute atomic E-state index is 0.132. The number of carboxylic acids is 1. The van der Waals surface area contributed by atoms with E-state index in [4.69, 9.17) is 5.11 Å². The van der Waals surface area contributed by atoms with Gasteiger partial charge in [-0.25, -0.2) is 9.78 Å². The zero-order chi connectivity index (χ0) is 11.5. The number of hydrogen-bond donors (Lipinski definition) is 1. The van der Waals surface area contributed by atoms with Crippen LogP contribution in [0.15, 0.2) is 29.6 Å². The summed E-state index contributed by atoms with van der Waals surface area (Å²) in [5.74, 6) is -0.966. The molecule has 4 heteroatoms. The fraction of sp³-hybridized carbons (Fsp3) is 0.167. The third-order valence-corrected chi connectivity index (χ3v) is 3.10. The molecule has 0 radical (unpaired) electrons. The topological polar surface area (TPSA) is 50.2 Å². The Labute approximate surface area is 97.4 Å². The summed E-state index contributed by atoms with van der Waals surface area (Å²) in [6.07, 6.45) is 0.693. The van der Waals surface area contributed by atoms with Crippen LogP contribution in [0.4, 0.5) is 0 Å². The van der Waals surface area contributed by atoms with Gasteiger partial charge < -0.3 is 5.11 Å². The lowest BCUT2D eigenvalue weighted by Gasteiger charge is -1.98. The highest BCUT2D eigenvalue weighted by Gasteiger charge is 2.08. The van der Waals surface area contributed by atoms with Gasteiger partial charge in [0.2, 0.25) is 0 Å². The molecule has 0 spiro atoms. The van der Waals surface area contributed by atoms with Crippen LogP contribution >= 0.6 is 11.3 Å².